The summed E-state index contributed by atoms with van der Waals surface area (Å²) in [6.07, 6.45) is 6.17. The molecule has 1 N–H and O–H groups in total. The van der Waals surface area contributed by atoms with Gasteiger partial charge in [0.15, 0.2) is 5.78 Å². The standard InChI is InChI=1S/C23H30N2O3/c1-15-5-6-19-17(13-15)18(26)14-23(28-19)8-7-16-20(21(16)23)22(27)24-9-12-25-10-3-2-4-11-25/h5-6,13,16,20-21H,2-4,7-12,14H2,1H3,(H,24,27)/t16-,20-,21+,23+/m1/s1. The molecule has 1 spiro atoms. The van der Waals surface area contributed by atoms with Crippen molar-refractivity contribution >= 4 is 11.7 Å². The van der Waals surface area contributed by atoms with E-state index in [0.717, 1.165) is 44.6 Å². The van der Waals surface area contributed by atoms with Gasteiger partial charge in [-0.15, -0.1) is 0 Å². The number of nitrogens with zero attached hydrogens (tertiary/aromatic N) is 1. The molecule has 2 aliphatic carbocycles. The first-order valence-corrected chi connectivity index (χ1v) is 10.9. The molecule has 0 radical (unpaired) electrons. The first-order chi connectivity index (χ1) is 13.6. The lowest BCUT2D eigenvalue weighted by molar-refractivity contribution is -0.124. The van der Waals surface area contributed by atoms with Gasteiger partial charge in [0.1, 0.15) is 11.4 Å². The van der Waals surface area contributed by atoms with Gasteiger partial charge in [-0.25, -0.2) is 0 Å². The number of nitrogens with one attached hydrogen (secondary N) is 1. The molecular weight excluding hydrogens is 352 g/mol. The number of piperidine rings is 1. The van der Waals surface area contributed by atoms with E-state index in [0.29, 0.717) is 23.7 Å². The van der Waals surface area contributed by atoms with Gasteiger partial charge < -0.3 is 15.0 Å². The van der Waals surface area contributed by atoms with Crippen molar-refractivity contribution in [2.45, 2.75) is 51.0 Å². The average Bonchev–Trinajstić information content (AvgIpc) is 3.34. The topological polar surface area (TPSA) is 58.6 Å². The second-order valence-electron chi connectivity index (χ2n) is 9.21. The van der Waals surface area contributed by atoms with E-state index < -0.39 is 5.60 Å². The Balaban J connectivity index is 1.22. The molecule has 2 aliphatic heterocycles. The fraction of sp³-hybridized carbons (Fsp3) is 0.652. The van der Waals surface area contributed by atoms with Crippen LogP contribution in [0.2, 0.25) is 0 Å². The van der Waals surface area contributed by atoms with Gasteiger partial charge in [0.2, 0.25) is 5.91 Å². The number of benzene rings is 1. The Hall–Kier alpha value is -1.88. The van der Waals surface area contributed by atoms with E-state index in [4.69, 9.17) is 4.74 Å². The van der Waals surface area contributed by atoms with Gasteiger partial charge in [-0.05, 0) is 63.7 Å². The Morgan fingerprint density at radius 2 is 2.11 bits per heavy atom. The predicted octanol–water partition coefficient (Wildman–Crippen LogP) is 2.96. The van der Waals surface area contributed by atoms with Gasteiger partial charge in [-0.3, -0.25) is 9.59 Å². The third-order valence-electron chi connectivity index (χ3n) is 7.36. The highest BCUT2D eigenvalue weighted by Crippen LogP contribution is 2.65. The molecule has 2 heterocycles. The number of carbonyl (C=O) groups excluding carboxylic acids is 2. The normalized spacial score (nSPS) is 33.9. The van der Waals surface area contributed by atoms with Gasteiger partial charge in [0.05, 0.1) is 12.0 Å². The molecule has 0 bridgehead atoms. The van der Waals surface area contributed by atoms with Gasteiger partial charge in [0.25, 0.3) is 0 Å². The fourth-order valence-corrected chi connectivity index (χ4v) is 5.92. The average molecular weight is 383 g/mol. The third-order valence-corrected chi connectivity index (χ3v) is 7.36. The molecular formula is C23H30N2O3. The Bertz CT molecular complexity index is 801. The largest absolute Gasteiger partial charge is 0.486 e. The summed E-state index contributed by atoms with van der Waals surface area (Å²) in [5.74, 6) is 1.64. The smallest absolute Gasteiger partial charge is 0.223 e. The van der Waals surface area contributed by atoms with Crippen LogP contribution in [0.4, 0.5) is 0 Å². The number of hydrogen-bond donors (Lipinski definition) is 1. The molecule has 5 nitrogen and oxygen atoms in total. The molecule has 1 amide bonds. The predicted molar refractivity (Wildman–Crippen MR) is 106 cm³/mol. The molecule has 0 aromatic heterocycles. The van der Waals surface area contributed by atoms with Crippen molar-refractivity contribution in [3.8, 4) is 5.75 Å². The molecule has 1 saturated heterocycles. The quantitative estimate of drug-likeness (QED) is 0.870. The van der Waals surface area contributed by atoms with Crippen molar-refractivity contribution in [3.63, 3.8) is 0 Å². The minimum atomic E-state index is -0.459. The maximum Gasteiger partial charge on any atom is 0.223 e. The van der Waals surface area contributed by atoms with Crippen LogP contribution in [0.1, 0.15) is 54.4 Å². The highest BCUT2D eigenvalue weighted by Gasteiger charge is 2.70. The Morgan fingerprint density at radius 1 is 1.29 bits per heavy atom. The van der Waals surface area contributed by atoms with Gasteiger partial charge >= 0.3 is 0 Å². The van der Waals surface area contributed by atoms with Crippen molar-refractivity contribution in [1.29, 1.82) is 0 Å². The Kier molecular flexibility index (Phi) is 4.46. The summed E-state index contributed by atoms with van der Waals surface area (Å²) in [6, 6.07) is 5.84. The molecule has 28 heavy (non-hydrogen) atoms. The van der Waals surface area contributed by atoms with Crippen LogP contribution in [0.3, 0.4) is 0 Å². The summed E-state index contributed by atoms with van der Waals surface area (Å²) in [5.41, 5.74) is 1.32. The molecule has 5 heteroatoms. The van der Waals surface area contributed by atoms with E-state index >= 15 is 0 Å². The molecule has 150 valence electrons. The summed E-state index contributed by atoms with van der Waals surface area (Å²) in [4.78, 5) is 28.0. The van der Waals surface area contributed by atoms with Crippen molar-refractivity contribution in [1.82, 2.24) is 10.2 Å². The number of ether oxygens (including phenoxy) is 1. The number of amides is 1. The van der Waals surface area contributed by atoms with Crippen LogP contribution in [-0.2, 0) is 4.79 Å². The zero-order valence-corrected chi connectivity index (χ0v) is 16.7. The van der Waals surface area contributed by atoms with Gasteiger partial charge in [0, 0.05) is 24.9 Å². The number of fused-ring (bicyclic) bond motifs is 3. The Morgan fingerprint density at radius 3 is 2.93 bits per heavy atom. The Labute approximate surface area is 166 Å². The molecule has 2 saturated carbocycles. The second-order valence-corrected chi connectivity index (χ2v) is 9.21. The molecule has 0 unspecified atom stereocenters. The first-order valence-electron chi connectivity index (χ1n) is 10.9. The molecule has 4 aliphatic rings. The van der Waals surface area contributed by atoms with Gasteiger partial charge in [-0.2, -0.15) is 0 Å². The SMILES string of the molecule is Cc1ccc2c(c1)C(=O)C[C@]1(CC[C@@H]3[C@@H](C(=O)NCCN4CCCCC4)[C@H]31)O2. The van der Waals surface area contributed by atoms with E-state index in [1.54, 1.807) is 0 Å². The molecule has 1 aromatic rings. The molecule has 3 fully saturated rings. The zero-order valence-electron chi connectivity index (χ0n) is 16.7. The van der Waals surface area contributed by atoms with Crippen molar-refractivity contribution in [3.05, 3.63) is 29.3 Å². The lowest BCUT2D eigenvalue weighted by atomic mass is 9.84. The lowest BCUT2D eigenvalue weighted by Gasteiger charge is -2.37. The summed E-state index contributed by atoms with van der Waals surface area (Å²) in [7, 11) is 0. The summed E-state index contributed by atoms with van der Waals surface area (Å²) >= 11 is 0. The van der Waals surface area contributed by atoms with Crippen LogP contribution in [0.5, 0.6) is 5.75 Å². The number of hydrogen-bond acceptors (Lipinski definition) is 4. The van der Waals surface area contributed by atoms with E-state index in [1.807, 2.05) is 25.1 Å². The minimum Gasteiger partial charge on any atom is -0.486 e. The zero-order chi connectivity index (χ0) is 19.3. The van der Waals surface area contributed by atoms with Crippen LogP contribution in [0.25, 0.3) is 0 Å². The highest BCUT2D eigenvalue weighted by atomic mass is 16.5. The number of carbonyl (C=O) groups is 2. The number of aryl methyl sites for hydroxylation is 1. The van der Waals surface area contributed by atoms with Crippen molar-refractivity contribution < 1.29 is 14.3 Å². The van der Waals surface area contributed by atoms with Crippen LogP contribution in [-0.4, -0.2) is 48.4 Å². The lowest BCUT2D eigenvalue weighted by Crippen LogP contribution is -2.45. The van der Waals surface area contributed by atoms with Crippen molar-refractivity contribution in [2.75, 3.05) is 26.2 Å². The van der Waals surface area contributed by atoms with E-state index in [9.17, 15) is 9.59 Å². The fourth-order valence-electron chi connectivity index (χ4n) is 5.92. The molecule has 5 rings (SSSR count). The van der Waals surface area contributed by atoms with E-state index in [1.165, 1.54) is 19.3 Å². The summed E-state index contributed by atoms with van der Waals surface area (Å²) < 4.78 is 6.43. The first kappa shape index (κ1) is 18.2. The third kappa shape index (κ3) is 3.04. The summed E-state index contributed by atoms with van der Waals surface area (Å²) in [6.45, 7) is 5.98. The van der Waals surface area contributed by atoms with Crippen molar-refractivity contribution in [2.24, 2.45) is 17.8 Å². The minimum absolute atomic E-state index is 0.0231. The highest BCUT2D eigenvalue weighted by molar-refractivity contribution is 6.01. The number of ketones is 1. The number of Topliss-reactive ketones (excluding diaryl/α,β-unsaturated/α-hetero) is 1. The van der Waals surface area contributed by atoms with E-state index in [2.05, 4.69) is 10.2 Å². The molecule has 1 aromatic carbocycles. The maximum atomic E-state index is 12.8. The van der Waals surface area contributed by atoms with Crippen LogP contribution < -0.4 is 10.1 Å². The van der Waals surface area contributed by atoms with Crippen LogP contribution in [0.15, 0.2) is 18.2 Å². The monoisotopic (exact) mass is 382 g/mol. The number of rotatable bonds is 4. The second kappa shape index (κ2) is 6.87. The van der Waals surface area contributed by atoms with Crippen LogP contribution >= 0.6 is 0 Å². The number of likely N-dealkylation sites (tertiary alicyclic amines) is 1. The summed E-state index contributed by atoms with van der Waals surface area (Å²) in [5, 5.41) is 3.16. The van der Waals surface area contributed by atoms with E-state index in [-0.39, 0.29) is 23.5 Å². The van der Waals surface area contributed by atoms with Crippen LogP contribution in [0, 0.1) is 24.7 Å². The maximum absolute atomic E-state index is 12.8. The van der Waals surface area contributed by atoms with Gasteiger partial charge in [-0.1, -0.05) is 18.1 Å². The molecule has 4 atom stereocenters.